The quantitative estimate of drug-likeness (QED) is 0.821. The van der Waals surface area contributed by atoms with Crippen molar-refractivity contribution in [3.63, 3.8) is 0 Å². The SMILES string of the molecule is Cc1ccc(S(=O)(=O)NCC2(C)CCNCC2)cc1Br.Cl. The molecule has 0 bridgehead atoms. The van der Waals surface area contributed by atoms with Crippen LogP contribution >= 0.6 is 28.3 Å². The van der Waals surface area contributed by atoms with Gasteiger partial charge in [-0.1, -0.05) is 28.9 Å². The van der Waals surface area contributed by atoms with E-state index in [1.807, 2.05) is 13.0 Å². The van der Waals surface area contributed by atoms with Gasteiger partial charge in [0.1, 0.15) is 0 Å². The Morgan fingerprint density at radius 3 is 2.52 bits per heavy atom. The van der Waals surface area contributed by atoms with E-state index in [2.05, 4.69) is 32.9 Å². The third-order valence-electron chi connectivity index (χ3n) is 3.95. The van der Waals surface area contributed by atoms with E-state index in [1.54, 1.807) is 12.1 Å². The average molecular weight is 398 g/mol. The number of hydrogen-bond acceptors (Lipinski definition) is 3. The summed E-state index contributed by atoms with van der Waals surface area (Å²) in [5.41, 5.74) is 1.06. The summed E-state index contributed by atoms with van der Waals surface area (Å²) >= 11 is 3.38. The molecule has 0 amide bonds. The van der Waals surface area contributed by atoms with Crippen molar-refractivity contribution in [1.82, 2.24) is 10.0 Å². The number of rotatable bonds is 4. The van der Waals surface area contributed by atoms with Crippen LogP contribution in [0.5, 0.6) is 0 Å². The molecule has 4 nitrogen and oxygen atoms in total. The van der Waals surface area contributed by atoms with Crippen LogP contribution in [-0.2, 0) is 10.0 Å². The summed E-state index contributed by atoms with van der Waals surface area (Å²) in [4.78, 5) is 0.313. The summed E-state index contributed by atoms with van der Waals surface area (Å²) in [5, 5.41) is 3.30. The molecule has 0 spiro atoms. The third-order valence-corrected chi connectivity index (χ3v) is 6.21. The predicted molar refractivity (Wildman–Crippen MR) is 91.5 cm³/mol. The van der Waals surface area contributed by atoms with Gasteiger partial charge < -0.3 is 5.32 Å². The van der Waals surface area contributed by atoms with Crippen LogP contribution < -0.4 is 10.0 Å². The first kappa shape index (κ1) is 18.9. The van der Waals surface area contributed by atoms with E-state index in [-0.39, 0.29) is 17.8 Å². The molecular formula is C14H22BrClN2O2S. The Bertz CT molecular complexity index is 587. The van der Waals surface area contributed by atoms with Crippen molar-refractivity contribution >= 4 is 38.4 Å². The molecule has 120 valence electrons. The van der Waals surface area contributed by atoms with Gasteiger partial charge in [-0.25, -0.2) is 13.1 Å². The zero-order chi connectivity index (χ0) is 14.8. The minimum absolute atomic E-state index is 0. The molecule has 2 rings (SSSR count). The molecule has 0 atom stereocenters. The average Bonchev–Trinajstić information content (AvgIpc) is 2.41. The lowest BCUT2D eigenvalue weighted by Gasteiger charge is -2.34. The summed E-state index contributed by atoms with van der Waals surface area (Å²) in [6, 6.07) is 5.11. The molecule has 1 heterocycles. The molecule has 7 heteroatoms. The first-order chi connectivity index (χ1) is 9.32. The fourth-order valence-corrected chi connectivity index (χ4v) is 4.06. The van der Waals surface area contributed by atoms with Gasteiger partial charge in [0.25, 0.3) is 0 Å². The Balaban J connectivity index is 0.00000220. The van der Waals surface area contributed by atoms with E-state index >= 15 is 0 Å². The maximum absolute atomic E-state index is 12.3. The minimum atomic E-state index is -3.44. The molecule has 1 saturated heterocycles. The van der Waals surface area contributed by atoms with Crippen molar-refractivity contribution in [2.24, 2.45) is 5.41 Å². The van der Waals surface area contributed by atoms with Gasteiger partial charge in [-0.05, 0) is 56.0 Å². The zero-order valence-corrected chi connectivity index (χ0v) is 15.5. The number of aryl methyl sites for hydroxylation is 1. The van der Waals surface area contributed by atoms with E-state index in [4.69, 9.17) is 0 Å². The Kier molecular flexibility index (Phi) is 6.68. The van der Waals surface area contributed by atoms with E-state index in [9.17, 15) is 8.42 Å². The molecule has 0 unspecified atom stereocenters. The van der Waals surface area contributed by atoms with Gasteiger partial charge >= 0.3 is 0 Å². The van der Waals surface area contributed by atoms with E-state index in [1.165, 1.54) is 0 Å². The van der Waals surface area contributed by atoms with Crippen LogP contribution in [0, 0.1) is 12.3 Å². The molecule has 1 aliphatic rings. The summed E-state index contributed by atoms with van der Waals surface area (Å²) < 4.78 is 28.2. The monoisotopic (exact) mass is 396 g/mol. The maximum atomic E-state index is 12.3. The normalized spacial score (nSPS) is 18.0. The molecule has 0 radical (unpaired) electrons. The molecule has 21 heavy (non-hydrogen) atoms. The second kappa shape index (κ2) is 7.42. The van der Waals surface area contributed by atoms with Crippen LogP contribution in [0.2, 0.25) is 0 Å². The molecule has 0 aromatic heterocycles. The fourth-order valence-electron chi connectivity index (χ4n) is 2.30. The molecule has 1 aliphatic heterocycles. The third kappa shape index (κ3) is 4.93. The predicted octanol–water partition coefficient (Wildman–Crippen LogP) is 2.85. The second-order valence-corrected chi connectivity index (χ2v) is 8.42. The maximum Gasteiger partial charge on any atom is 0.240 e. The highest BCUT2D eigenvalue weighted by Crippen LogP contribution is 2.27. The number of benzene rings is 1. The Labute approximate surface area is 141 Å². The lowest BCUT2D eigenvalue weighted by molar-refractivity contribution is 0.232. The second-order valence-electron chi connectivity index (χ2n) is 5.80. The Morgan fingerprint density at radius 1 is 1.33 bits per heavy atom. The van der Waals surface area contributed by atoms with Crippen molar-refractivity contribution in [3.8, 4) is 0 Å². The highest BCUT2D eigenvalue weighted by molar-refractivity contribution is 9.10. The molecular weight excluding hydrogens is 376 g/mol. The molecule has 0 saturated carbocycles. The summed E-state index contributed by atoms with van der Waals surface area (Å²) in [6.45, 7) is 6.47. The lowest BCUT2D eigenvalue weighted by Crippen LogP contribution is -2.42. The molecule has 1 fully saturated rings. The zero-order valence-electron chi connectivity index (χ0n) is 12.3. The first-order valence-electron chi connectivity index (χ1n) is 6.79. The van der Waals surface area contributed by atoms with E-state index < -0.39 is 10.0 Å². The van der Waals surface area contributed by atoms with E-state index in [0.29, 0.717) is 11.4 Å². The van der Waals surface area contributed by atoms with E-state index in [0.717, 1.165) is 36.0 Å². The van der Waals surface area contributed by atoms with Gasteiger partial charge in [0.2, 0.25) is 10.0 Å². The molecule has 1 aromatic rings. The largest absolute Gasteiger partial charge is 0.317 e. The summed E-state index contributed by atoms with van der Waals surface area (Å²) in [5.74, 6) is 0. The van der Waals surface area contributed by atoms with Crippen LogP contribution in [0.15, 0.2) is 27.6 Å². The first-order valence-corrected chi connectivity index (χ1v) is 9.07. The standard InChI is InChI=1S/C14H21BrN2O2S.ClH/c1-11-3-4-12(9-13(11)15)20(18,19)17-10-14(2)5-7-16-8-6-14;/h3-4,9,16-17H,5-8,10H2,1-2H3;1H. The lowest BCUT2D eigenvalue weighted by atomic mass is 9.81. The highest BCUT2D eigenvalue weighted by atomic mass is 79.9. The number of halogens is 2. The van der Waals surface area contributed by atoms with Gasteiger partial charge in [0.05, 0.1) is 4.90 Å². The smallest absolute Gasteiger partial charge is 0.240 e. The Morgan fingerprint density at radius 2 is 1.95 bits per heavy atom. The minimum Gasteiger partial charge on any atom is -0.317 e. The summed E-state index contributed by atoms with van der Waals surface area (Å²) in [7, 11) is -3.44. The van der Waals surface area contributed by atoms with Crippen molar-refractivity contribution in [2.75, 3.05) is 19.6 Å². The molecule has 2 N–H and O–H groups in total. The van der Waals surface area contributed by atoms with Gasteiger partial charge in [0.15, 0.2) is 0 Å². The van der Waals surface area contributed by atoms with Gasteiger partial charge in [0, 0.05) is 11.0 Å². The molecule has 1 aromatic carbocycles. The van der Waals surface area contributed by atoms with Gasteiger partial charge in [-0.15, -0.1) is 12.4 Å². The van der Waals surface area contributed by atoms with Crippen LogP contribution in [-0.4, -0.2) is 28.1 Å². The van der Waals surface area contributed by atoms with Crippen molar-refractivity contribution < 1.29 is 8.42 Å². The van der Waals surface area contributed by atoms with Crippen molar-refractivity contribution in [1.29, 1.82) is 0 Å². The number of sulfonamides is 1. The van der Waals surface area contributed by atoms with Crippen LogP contribution in [0.4, 0.5) is 0 Å². The van der Waals surface area contributed by atoms with Crippen LogP contribution in [0.3, 0.4) is 0 Å². The van der Waals surface area contributed by atoms with Crippen LogP contribution in [0.25, 0.3) is 0 Å². The highest BCUT2D eigenvalue weighted by Gasteiger charge is 2.28. The van der Waals surface area contributed by atoms with Gasteiger partial charge in [-0.3, -0.25) is 0 Å². The van der Waals surface area contributed by atoms with Crippen LogP contribution in [0.1, 0.15) is 25.3 Å². The fraction of sp³-hybridized carbons (Fsp3) is 0.571. The van der Waals surface area contributed by atoms with Crippen molar-refractivity contribution in [3.05, 3.63) is 28.2 Å². The van der Waals surface area contributed by atoms with Crippen molar-refractivity contribution in [2.45, 2.75) is 31.6 Å². The number of piperidine rings is 1. The van der Waals surface area contributed by atoms with Gasteiger partial charge in [-0.2, -0.15) is 0 Å². The number of hydrogen-bond donors (Lipinski definition) is 2. The summed E-state index contributed by atoms with van der Waals surface area (Å²) in [6.07, 6.45) is 1.99. The number of nitrogens with one attached hydrogen (secondary N) is 2. The Hall–Kier alpha value is -0.140. The molecule has 0 aliphatic carbocycles. The topological polar surface area (TPSA) is 58.2 Å².